The summed E-state index contributed by atoms with van der Waals surface area (Å²) in [5, 5.41) is 3.02. The minimum Gasteiger partial charge on any atom is -0.489 e. The molecule has 2 aromatic carbocycles. The SMILES string of the molecule is C=C(/C=C\C(NC(=O)c1cc(OCc2cccc(C)c2)ccc1C)=C(C)C)CC. The molecule has 0 aromatic heterocycles. The van der Waals surface area contributed by atoms with E-state index in [1.807, 2.05) is 57.2 Å². The summed E-state index contributed by atoms with van der Waals surface area (Å²) in [5.74, 6) is 0.530. The summed E-state index contributed by atoms with van der Waals surface area (Å²) in [6.07, 6.45) is 4.73. The van der Waals surface area contributed by atoms with Gasteiger partial charge in [-0.25, -0.2) is 0 Å². The van der Waals surface area contributed by atoms with E-state index in [4.69, 9.17) is 4.74 Å². The van der Waals surface area contributed by atoms with Gasteiger partial charge in [0.2, 0.25) is 0 Å². The van der Waals surface area contributed by atoms with Crippen molar-refractivity contribution in [3.63, 3.8) is 0 Å². The van der Waals surface area contributed by atoms with Crippen LogP contribution in [0.25, 0.3) is 0 Å². The molecule has 0 atom stereocenters. The van der Waals surface area contributed by atoms with Crippen molar-refractivity contribution >= 4 is 5.91 Å². The molecule has 0 aliphatic heterocycles. The van der Waals surface area contributed by atoms with E-state index in [1.54, 1.807) is 6.07 Å². The van der Waals surface area contributed by atoms with Crippen LogP contribution in [-0.4, -0.2) is 5.91 Å². The molecule has 0 saturated heterocycles. The summed E-state index contributed by atoms with van der Waals surface area (Å²) in [6, 6.07) is 13.8. The Morgan fingerprint density at radius 3 is 2.52 bits per heavy atom. The van der Waals surface area contributed by atoms with Crippen LogP contribution in [0.15, 0.2) is 78.0 Å². The molecular weight excluding hydrogens is 358 g/mol. The van der Waals surface area contributed by atoms with Crippen LogP contribution in [0.5, 0.6) is 5.75 Å². The quantitative estimate of drug-likeness (QED) is 0.528. The van der Waals surface area contributed by atoms with Crippen LogP contribution in [0.1, 0.15) is 54.2 Å². The van der Waals surface area contributed by atoms with Crippen LogP contribution in [0.4, 0.5) is 0 Å². The molecule has 0 bridgehead atoms. The highest BCUT2D eigenvalue weighted by atomic mass is 16.5. The average molecular weight is 390 g/mol. The normalized spacial score (nSPS) is 10.7. The van der Waals surface area contributed by atoms with E-state index in [0.717, 1.165) is 34.4 Å². The van der Waals surface area contributed by atoms with Crippen LogP contribution in [0.2, 0.25) is 0 Å². The van der Waals surface area contributed by atoms with Gasteiger partial charge in [-0.3, -0.25) is 4.79 Å². The summed E-state index contributed by atoms with van der Waals surface area (Å²) in [4.78, 5) is 12.9. The molecule has 0 spiro atoms. The summed E-state index contributed by atoms with van der Waals surface area (Å²) < 4.78 is 5.92. The lowest BCUT2D eigenvalue weighted by Gasteiger charge is -2.13. The molecule has 1 amide bonds. The van der Waals surface area contributed by atoms with Crippen molar-refractivity contribution in [3.8, 4) is 5.75 Å². The van der Waals surface area contributed by atoms with Crippen molar-refractivity contribution in [1.29, 1.82) is 0 Å². The lowest BCUT2D eigenvalue weighted by atomic mass is 10.1. The Hall–Kier alpha value is -3.07. The topological polar surface area (TPSA) is 38.3 Å². The van der Waals surface area contributed by atoms with Gasteiger partial charge in [-0.05, 0) is 63.5 Å². The first-order valence-corrected chi connectivity index (χ1v) is 9.93. The smallest absolute Gasteiger partial charge is 0.256 e. The summed E-state index contributed by atoms with van der Waals surface area (Å²) in [7, 11) is 0. The third kappa shape index (κ3) is 6.79. The van der Waals surface area contributed by atoms with Crippen LogP contribution in [-0.2, 0) is 6.61 Å². The molecule has 0 aliphatic rings. The number of hydrogen-bond acceptors (Lipinski definition) is 2. The van der Waals surface area contributed by atoms with Crippen LogP contribution < -0.4 is 10.1 Å². The Balaban J connectivity index is 2.15. The van der Waals surface area contributed by atoms with Gasteiger partial charge in [-0.15, -0.1) is 0 Å². The Morgan fingerprint density at radius 1 is 1.10 bits per heavy atom. The minimum absolute atomic E-state index is 0.147. The maximum absolute atomic E-state index is 12.9. The first-order valence-electron chi connectivity index (χ1n) is 9.93. The Labute approximate surface area is 174 Å². The number of benzene rings is 2. The highest BCUT2D eigenvalue weighted by molar-refractivity contribution is 5.97. The maximum Gasteiger partial charge on any atom is 0.256 e. The highest BCUT2D eigenvalue weighted by Gasteiger charge is 2.12. The monoisotopic (exact) mass is 389 g/mol. The molecule has 2 rings (SSSR count). The predicted octanol–water partition coefficient (Wildman–Crippen LogP) is 6.43. The zero-order chi connectivity index (χ0) is 21.4. The van der Waals surface area contributed by atoms with Gasteiger partial charge in [0.15, 0.2) is 0 Å². The van der Waals surface area contributed by atoms with E-state index in [2.05, 4.69) is 37.9 Å². The van der Waals surface area contributed by atoms with Crippen molar-refractivity contribution in [1.82, 2.24) is 5.32 Å². The van der Waals surface area contributed by atoms with E-state index in [1.165, 1.54) is 5.56 Å². The van der Waals surface area contributed by atoms with Gasteiger partial charge in [0.1, 0.15) is 12.4 Å². The van der Waals surface area contributed by atoms with Gasteiger partial charge in [-0.2, -0.15) is 0 Å². The molecule has 1 N–H and O–H groups in total. The number of rotatable bonds is 8. The number of ether oxygens (including phenoxy) is 1. The van der Waals surface area contributed by atoms with Gasteiger partial charge in [0.25, 0.3) is 5.91 Å². The molecule has 0 unspecified atom stereocenters. The molecule has 2 aromatic rings. The summed E-state index contributed by atoms with van der Waals surface area (Å²) >= 11 is 0. The molecule has 0 fully saturated rings. The number of amides is 1. The van der Waals surface area contributed by atoms with Crippen molar-refractivity contribution in [2.75, 3.05) is 0 Å². The summed E-state index contributed by atoms with van der Waals surface area (Å²) in [6.45, 7) is 14.4. The number of allylic oxidation sites excluding steroid dienone is 4. The second-order valence-corrected chi connectivity index (χ2v) is 7.47. The molecule has 3 heteroatoms. The van der Waals surface area contributed by atoms with Crippen molar-refractivity contribution < 1.29 is 9.53 Å². The van der Waals surface area contributed by atoms with Gasteiger partial charge >= 0.3 is 0 Å². The van der Waals surface area contributed by atoms with Crippen molar-refractivity contribution in [2.45, 2.75) is 47.6 Å². The number of carbonyl (C=O) groups is 1. The number of nitrogens with one attached hydrogen (secondary N) is 1. The third-order valence-electron chi connectivity index (χ3n) is 4.67. The van der Waals surface area contributed by atoms with Crippen molar-refractivity contribution in [2.24, 2.45) is 0 Å². The number of carbonyl (C=O) groups excluding carboxylic acids is 1. The fourth-order valence-electron chi connectivity index (χ4n) is 2.75. The van der Waals surface area contributed by atoms with E-state index < -0.39 is 0 Å². The number of aryl methyl sites for hydroxylation is 2. The minimum atomic E-state index is -0.147. The zero-order valence-electron chi connectivity index (χ0n) is 18.1. The highest BCUT2D eigenvalue weighted by Crippen LogP contribution is 2.20. The fourth-order valence-corrected chi connectivity index (χ4v) is 2.75. The molecule has 152 valence electrons. The number of hydrogen-bond donors (Lipinski definition) is 1. The largest absolute Gasteiger partial charge is 0.489 e. The molecular formula is C26H31NO2. The standard InChI is InChI=1S/C26H31NO2/c1-7-19(4)11-14-25(18(2)3)27-26(28)24-16-23(13-12-21(24)6)29-17-22-10-8-9-20(5)15-22/h8-16H,4,7,17H2,1-3,5-6H3,(H,27,28)/b14-11-. The summed E-state index contributed by atoms with van der Waals surface area (Å²) in [5.41, 5.74) is 6.64. The molecule has 29 heavy (non-hydrogen) atoms. The second kappa shape index (κ2) is 10.5. The van der Waals surface area contributed by atoms with E-state index in [-0.39, 0.29) is 5.91 Å². The Kier molecular flexibility index (Phi) is 8.02. The lowest BCUT2D eigenvalue weighted by molar-refractivity contribution is 0.0965. The van der Waals surface area contributed by atoms with E-state index >= 15 is 0 Å². The van der Waals surface area contributed by atoms with Gasteiger partial charge < -0.3 is 10.1 Å². The van der Waals surface area contributed by atoms with Crippen LogP contribution >= 0.6 is 0 Å². The van der Waals surface area contributed by atoms with Crippen molar-refractivity contribution in [3.05, 3.63) is 100 Å². The lowest BCUT2D eigenvalue weighted by Crippen LogP contribution is -2.23. The third-order valence-corrected chi connectivity index (χ3v) is 4.67. The molecule has 0 radical (unpaired) electrons. The predicted molar refractivity (Wildman–Crippen MR) is 121 cm³/mol. The van der Waals surface area contributed by atoms with E-state index in [9.17, 15) is 4.79 Å². The zero-order valence-corrected chi connectivity index (χ0v) is 18.1. The first kappa shape index (κ1) is 22.2. The average Bonchev–Trinajstić information content (AvgIpc) is 2.69. The first-order chi connectivity index (χ1) is 13.8. The molecule has 3 nitrogen and oxygen atoms in total. The molecule has 0 aliphatic carbocycles. The van der Waals surface area contributed by atoms with Crippen LogP contribution in [0.3, 0.4) is 0 Å². The fraction of sp³-hybridized carbons (Fsp3) is 0.269. The maximum atomic E-state index is 12.9. The Bertz CT molecular complexity index is 947. The van der Waals surface area contributed by atoms with Gasteiger partial charge in [-0.1, -0.05) is 66.6 Å². The second-order valence-electron chi connectivity index (χ2n) is 7.47. The molecule has 0 heterocycles. The van der Waals surface area contributed by atoms with Gasteiger partial charge in [0, 0.05) is 11.3 Å². The van der Waals surface area contributed by atoms with Crippen LogP contribution in [0, 0.1) is 13.8 Å². The Morgan fingerprint density at radius 2 is 1.86 bits per heavy atom. The molecule has 0 saturated carbocycles. The van der Waals surface area contributed by atoms with E-state index in [0.29, 0.717) is 17.9 Å². The van der Waals surface area contributed by atoms with Gasteiger partial charge in [0.05, 0.1) is 0 Å².